The molecule has 0 unspecified atom stereocenters. The first-order chi connectivity index (χ1) is 6.69. The van der Waals surface area contributed by atoms with Gasteiger partial charge in [0.05, 0.1) is 19.3 Å². The van der Waals surface area contributed by atoms with E-state index in [1.807, 2.05) is 6.92 Å². The summed E-state index contributed by atoms with van der Waals surface area (Å²) in [4.78, 5) is 10.5. The highest BCUT2D eigenvalue weighted by atomic mass is 16.5. The van der Waals surface area contributed by atoms with E-state index in [1.165, 1.54) is 19.2 Å². The summed E-state index contributed by atoms with van der Waals surface area (Å²) < 4.78 is 10.2. The van der Waals surface area contributed by atoms with Crippen molar-refractivity contribution >= 4 is 5.97 Å². The van der Waals surface area contributed by atoms with E-state index in [0.29, 0.717) is 18.1 Å². The lowest BCUT2D eigenvalue weighted by molar-refractivity contribution is 0.0572. The smallest absolute Gasteiger partial charge is 0.386 e. The quantitative estimate of drug-likeness (QED) is 0.734. The molecule has 0 spiro atoms. The molecule has 1 aromatic rings. The Morgan fingerprint density at radius 2 is 2.07 bits per heavy atom. The molecular weight excluding hydrogens is 184 g/mol. The van der Waals surface area contributed by atoms with Crippen molar-refractivity contribution in [2.45, 2.75) is 6.92 Å². The molecule has 0 saturated carbocycles. The van der Waals surface area contributed by atoms with Gasteiger partial charge in [0, 0.05) is 0 Å². The number of ether oxygens (including phenoxy) is 2. The van der Waals surface area contributed by atoms with Crippen LogP contribution in [0.3, 0.4) is 0 Å². The first kappa shape index (κ1) is 10.4. The van der Waals surface area contributed by atoms with Crippen molar-refractivity contribution in [2.24, 2.45) is 0 Å². The van der Waals surface area contributed by atoms with Crippen LogP contribution in [0.4, 0.5) is 0 Å². The Morgan fingerprint density at radius 3 is 2.57 bits per heavy atom. The Hall–Kier alpha value is -1.71. The second kappa shape index (κ2) is 4.50. The Balaban J connectivity index is 3.04. The van der Waals surface area contributed by atoms with Crippen LogP contribution in [-0.4, -0.2) is 19.7 Å². The third kappa shape index (κ3) is 2.16. The third-order valence-corrected chi connectivity index (χ3v) is 1.70. The predicted molar refractivity (Wildman–Crippen MR) is 49.2 cm³/mol. The second-order valence-electron chi connectivity index (χ2n) is 2.59. The first-order valence-electron chi connectivity index (χ1n) is 4.21. The highest BCUT2D eigenvalue weighted by Crippen LogP contribution is 2.27. The van der Waals surface area contributed by atoms with Gasteiger partial charge in [0.25, 0.3) is 0 Å². The highest BCUT2D eigenvalue weighted by molar-refractivity contribution is 5.88. The molecule has 14 heavy (non-hydrogen) atoms. The van der Waals surface area contributed by atoms with E-state index in [0.717, 1.165) is 0 Å². The fourth-order valence-electron chi connectivity index (χ4n) is 1.07. The van der Waals surface area contributed by atoms with E-state index >= 15 is 0 Å². The molecule has 0 saturated heterocycles. The van der Waals surface area contributed by atoms with E-state index in [9.17, 15) is 9.90 Å². The molecule has 0 amide bonds. The minimum atomic E-state index is -1.23. The maximum atomic E-state index is 10.5. The minimum Gasteiger partial charge on any atom is -0.493 e. The van der Waals surface area contributed by atoms with Gasteiger partial charge in [-0.3, -0.25) is 0 Å². The van der Waals surface area contributed by atoms with E-state index in [1.54, 1.807) is 6.07 Å². The molecule has 0 aliphatic heterocycles. The zero-order valence-electron chi connectivity index (χ0n) is 8.07. The van der Waals surface area contributed by atoms with Crippen LogP contribution in [0.15, 0.2) is 18.2 Å². The Bertz CT molecular complexity index is 333. The highest BCUT2D eigenvalue weighted by Gasteiger charge is 2.10. The summed E-state index contributed by atoms with van der Waals surface area (Å²) in [5, 5.41) is 10.5. The Labute approximate surface area is 82.1 Å². The maximum Gasteiger partial charge on any atom is 0.386 e. The van der Waals surface area contributed by atoms with Crippen LogP contribution in [0, 0.1) is 0 Å². The summed E-state index contributed by atoms with van der Waals surface area (Å²) >= 11 is 0. The minimum absolute atomic E-state index is 0.0744. The van der Waals surface area contributed by atoms with Crippen molar-refractivity contribution in [1.82, 2.24) is 0 Å². The van der Waals surface area contributed by atoms with E-state index < -0.39 is 5.97 Å². The van der Waals surface area contributed by atoms with Gasteiger partial charge in [-0.1, -0.05) is 0 Å². The van der Waals surface area contributed by atoms with Crippen LogP contribution in [0.25, 0.3) is 0 Å². The van der Waals surface area contributed by atoms with Crippen molar-refractivity contribution in [3.63, 3.8) is 0 Å². The molecule has 0 atom stereocenters. The summed E-state index contributed by atoms with van der Waals surface area (Å²) in [5.41, 5.74) is 0.0744. The Morgan fingerprint density at radius 1 is 1.36 bits per heavy atom. The Kier molecular flexibility index (Phi) is 3.34. The molecular formula is C10H11O4. The second-order valence-corrected chi connectivity index (χ2v) is 2.59. The van der Waals surface area contributed by atoms with Crippen molar-refractivity contribution in [3.05, 3.63) is 23.8 Å². The molecule has 0 heterocycles. The maximum absolute atomic E-state index is 10.5. The van der Waals surface area contributed by atoms with Gasteiger partial charge in [0.1, 0.15) is 0 Å². The van der Waals surface area contributed by atoms with Crippen LogP contribution < -0.4 is 9.47 Å². The molecule has 4 nitrogen and oxygen atoms in total. The number of carbonyl (C=O) groups is 1. The van der Waals surface area contributed by atoms with Crippen LogP contribution in [-0.2, 0) is 5.11 Å². The number of hydrogen-bond donors (Lipinski definition) is 0. The van der Waals surface area contributed by atoms with Gasteiger partial charge in [0.15, 0.2) is 11.5 Å². The monoisotopic (exact) mass is 195 g/mol. The van der Waals surface area contributed by atoms with Crippen LogP contribution in [0.2, 0.25) is 0 Å². The molecule has 1 radical (unpaired) electrons. The zero-order valence-corrected chi connectivity index (χ0v) is 8.07. The van der Waals surface area contributed by atoms with E-state index in [2.05, 4.69) is 0 Å². The van der Waals surface area contributed by atoms with Gasteiger partial charge in [-0.15, -0.1) is 0 Å². The normalized spacial score (nSPS) is 9.57. The molecule has 0 aromatic heterocycles. The molecule has 0 aliphatic rings. The molecule has 0 fully saturated rings. The van der Waals surface area contributed by atoms with Crippen LogP contribution >= 0.6 is 0 Å². The molecule has 0 bridgehead atoms. The van der Waals surface area contributed by atoms with Gasteiger partial charge in [-0.05, 0) is 25.1 Å². The fraction of sp³-hybridized carbons (Fsp3) is 0.300. The number of methoxy groups -OCH3 is 1. The summed E-state index contributed by atoms with van der Waals surface area (Å²) in [5.74, 6) is -0.306. The molecule has 75 valence electrons. The molecule has 1 rings (SSSR count). The van der Waals surface area contributed by atoms with Crippen LogP contribution in [0.1, 0.15) is 17.3 Å². The summed E-state index contributed by atoms with van der Waals surface area (Å²) in [7, 11) is 1.46. The topological polar surface area (TPSA) is 55.4 Å². The van der Waals surface area contributed by atoms with Gasteiger partial charge in [-0.2, -0.15) is 0 Å². The number of rotatable bonds is 4. The van der Waals surface area contributed by atoms with Gasteiger partial charge in [0.2, 0.25) is 0 Å². The summed E-state index contributed by atoms with van der Waals surface area (Å²) in [6.07, 6.45) is 0. The number of benzene rings is 1. The predicted octanol–water partition coefficient (Wildman–Crippen LogP) is 1.66. The summed E-state index contributed by atoms with van der Waals surface area (Å²) in [6.45, 7) is 2.34. The third-order valence-electron chi connectivity index (χ3n) is 1.70. The zero-order chi connectivity index (χ0) is 10.6. The first-order valence-corrected chi connectivity index (χ1v) is 4.21. The van der Waals surface area contributed by atoms with Gasteiger partial charge in [-0.25, -0.2) is 9.90 Å². The molecule has 0 N–H and O–H groups in total. The standard InChI is InChI=1S/C10H11O4/c1-3-14-8-5-4-7(10(11)12)6-9(8)13-2/h4-6H,3H2,1-2H3. The number of hydrogen-bond acceptors (Lipinski definition) is 3. The fourth-order valence-corrected chi connectivity index (χ4v) is 1.07. The largest absolute Gasteiger partial charge is 0.493 e. The van der Waals surface area contributed by atoms with Crippen LogP contribution in [0.5, 0.6) is 11.5 Å². The lowest BCUT2D eigenvalue weighted by atomic mass is 10.2. The van der Waals surface area contributed by atoms with E-state index in [-0.39, 0.29) is 5.56 Å². The summed E-state index contributed by atoms with van der Waals surface area (Å²) in [6, 6.07) is 4.34. The van der Waals surface area contributed by atoms with Crippen molar-refractivity contribution in [2.75, 3.05) is 13.7 Å². The van der Waals surface area contributed by atoms with Crippen molar-refractivity contribution in [3.8, 4) is 11.5 Å². The molecule has 1 aromatic carbocycles. The molecule has 4 heteroatoms. The van der Waals surface area contributed by atoms with E-state index in [4.69, 9.17) is 9.47 Å². The van der Waals surface area contributed by atoms with Gasteiger partial charge < -0.3 is 9.47 Å². The molecule has 0 aliphatic carbocycles. The number of carbonyl (C=O) groups excluding carboxylic acids is 1. The lowest BCUT2D eigenvalue weighted by Gasteiger charge is -2.08. The lowest BCUT2D eigenvalue weighted by Crippen LogP contribution is -1.99. The van der Waals surface area contributed by atoms with Gasteiger partial charge >= 0.3 is 5.97 Å². The average molecular weight is 195 g/mol. The van der Waals surface area contributed by atoms with Crippen molar-refractivity contribution in [1.29, 1.82) is 0 Å². The average Bonchev–Trinajstić information content (AvgIpc) is 2.18. The SMILES string of the molecule is CCOc1ccc(C([O])=O)cc1OC. The van der Waals surface area contributed by atoms with Crippen molar-refractivity contribution < 1.29 is 19.4 Å².